The van der Waals surface area contributed by atoms with Crippen molar-refractivity contribution in [3.05, 3.63) is 64.4 Å². The summed E-state index contributed by atoms with van der Waals surface area (Å²) in [6.45, 7) is 5.34. The van der Waals surface area contributed by atoms with Crippen LogP contribution < -0.4 is 11.1 Å². The summed E-state index contributed by atoms with van der Waals surface area (Å²) in [7, 11) is 0. The van der Waals surface area contributed by atoms with Gasteiger partial charge in [0.2, 0.25) is 0 Å². The predicted octanol–water partition coefficient (Wildman–Crippen LogP) is 3.65. The first-order valence-corrected chi connectivity index (χ1v) is 10.7. The second-order valence-corrected chi connectivity index (χ2v) is 9.31. The highest BCUT2D eigenvalue weighted by Crippen LogP contribution is 2.35. The topological polar surface area (TPSA) is 102 Å². The Hall–Kier alpha value is -3.07. The lowest BCUT2D eigenvalue weighted by Crippen LogP contribution is -2.36. The maximum Gasteiger partial charge on any atom is 0.410 e. The quantitative estimate of drug-likeness (QED) is 0.573. The van der Waals surface area contributed by atoms with Crippen LogP contribution in [0.4, 0.5) is 10.5 Å². The highest BCUT2D eigenvalue weighted by molar-refractivity contribution is 9.10. The van der Waals surface area contributed by atoms with Gasteiger partial charge in [-0.1, -0.05) is 44.2 Å². The maximum absolute atomic E-state index is 12.7. The number of carbonyl (C=O) groups excluding carboxylic acids is 2. The van der Waals surface area contributed by atoms with E-state index in [1.807, 2.05) is 36.4 Å². The maximum atomic E-state index is 12.7. The van der Waals surface area contributed by atoms with Gasteiger partial charge in [0.15, 0.2) is 0 Å². The van der Waals surface area contributed by atoms with Crippen molar-refractivity contribution in [2.75, 3.05) is 18.4 Å². The molecular formula is C22H24BrN5O3. The van der Waals surface area contributed by atoms with Crippen molar-refractivity contribution < 1.29 is 14.3 Å². The molecule has 4 rings (SSSR count). The van der Waals surface area contributed by atoms with Gasteiger partial charge < -0.3 is 20.7 Å². The molecule has 0 bridgehead atoms. The molecule has 3 aromatic rings. The molecule has 0 saturated carbocycles. The predicted molar refractivity (Wildman–Crippen MR) is 121 cm³/mol. The molecule has 162 valence electrons. The Kier molecular flexibility index (Phi) is 5.62. The van der Waals surface area contributed by atoms with Crippen molar-refractivity contribution in [2.24, 2.45) is 11.1 Å². The zero-order valence-corrected chi connectivity index (χ0v) is 18.9. The Morgan fingerprint density at radius 1 is 1.32 bits per heavy atom. The summed E-state index contributed by atoms with van der Waals surface area (Å²) in [5, 5.41) is 7.72. The molecule has 1 aliphatic heterocycles. The van der Waals surface area contributed by atoms with Crippen LogP contribution in [-0.4, -0.2) is 45.6 Å². The summed E-state index contributed by atoms with van der Waals surface area (Å²) in [6.07, 6.45) is 2.90. The van der Waals surface area contributed by atoms with Crippen LogP contribution >= 0.6 is 15.9 Å². The number of nitrogens with one attached hydrogen (secondary N) is 1. The molecule has 1 atom stereocenters. The minimum Gasteiger partial charge on any atom is -0.445 e. The van der Waals surface area contributed by atoms with Crippen LogP contribution in [0, 0.1) is 5.41 Å². The van der Waals surface area contributed by atoms with Crippen LogP contribution in [0.5, 0.6) is 0 Å². The van der Waals surface area contributed by atoms with Gasteiger partial charge in [0.1, 0.15) is 6.61 Å². The fourth-order valence-electron chi connectivity index (χ4n) is 3.86. The van der Waals surface area contributed by atoms with E-state index >= 15 is 0 Å². The second kappa shape index (κ2) is 8.22. The molecule has 2 amide bonds. The minimum absolute atomic E-state index is 0.116. The lowest BCUT2D eigenvalue weighted by molar-refractivity contribution is 0.0996. The number of fused-ring (bicyclic) bond motifs is 1. The van der Waals surface area contributed by atoms with Gasteiger partial charge in [0.05, 0.1) is 29.0 Å². The Bertz CT molecular complexity index is 1130. The third-order valence-electron chi connectivity index (χ3n) is 5.60. The number of halogens is 1. The van der Waals surface area contributed by atoms with Crippen LogP contribution in [0.3, 0.4) is 0 Å². The number of benzene rings is 1. The first-order valence-electron chi connectivity index (χ1n) is 9.93. The van der Waals surface area contributed by atoms with Crippen molar-refractivity contribution in [3.8, 4) is 0 Å². The summed E-state index contributed by atoms with van der Waals surface area (Å²) >= 11 is 3.45. The zero-order chi connectivity index (χ0) is 22.2. The van der Waals surface area contributed by atoms with Crippen molar-refractivity contribution in [1.29, 1.82) is 0 Å². The van der Waals surface area contributed by atoms with Crippen LogP contribution in [0.15, 0.2) is 53.3 Å². The number of nitrogens with two attached hydrogens (primary N) is 1. The summed E-state index contributed by atoms with van der Waals surface area (Å²) in [6, 6.07) is 11.3. The lowest BCUT2D eigenvalue weighted by atomic mass is 9.87. The average molecular weight is 486 g/mol. The van der Waals surface area contributed by atoms with Gasteiger partial charge in [-0.2, -0.15) is 5.10 Å². The third kappa shape index (κ3) is 4.36. The largest absolute Gasteiger partial charge is 0.445 e. The number of primary amides is 1. The van der Waals surface area contributed by atoms with E-state index in [2.05, 4.69) is 40.2 Å². The van der Waals surface area contributed by atoms with Gasteiger partial charge in [0.25, 0.3) is 5.91 Å². The lowest BCUT2D eigenvalue weighted by Gasteiger charge is -2.27. The Balaban J connectivity index is 1.53. The molecule has 1 aliphatic rings. The fourth-order valence-corrected chi connectivity index (χ4v) is 4.27. The van der Waals surface area contributed by atoms with Crippen molar-refractivity contribution in [3.63, 3.8) is 0 Å². The molecule has 1 unspecified atom stereocenters. The van der Waals surface area contributed by atoms with Gasteiger partial charge >= 0.3 is 6.09 Å². The Morgan fingerprint density at radius 3 is 2.77 bits per heavy atom. The van der Waals surface area contributed by atoms with E-state index in [4.69, 9.17) is 10.5 Å². The normalized spacial score (nSPS) is 17.6. The molecular weight excluding hydrogens is 462 g/mol. The van der Waals surface area contributed by atoms with E-state index in [-0.39, 0.29) is 24.2 Å². The van der Waals surface area contributed by atoms with E-state index < -0.39 is 5.91 Å². The molecule has 1 saturated heterocycles. The van der Waals surface area contributed by atoms with Crippen molar-refractivity contribution >= 4 is 39.1 Å². The highest BCUT2D eigenvalue weighted by Gasteiger charge is 2.42. The van der Waals surface area contributed by atoms with Gasteiger partial charge in [0, 0.05) is 29.2 Å². The Labute approximate surface area is 188 Å². The summed E-state index contributed by atoms with van der Waals surface area (Å²) in [5.41, 5.74) is 7.91. The second-order valence-electron chi connectivity index (χ2n) is 8.39. The van der Waals surface area contributed by atoms with Gasteiger partial charge in [-0.25, -0.2) is 9.31 Å². The van der Waals surface area contributed by atoms with E-state index in [1.54, 1.807) is 15.6 Å². The monoisotopic (exact) mass is 485 g/mol. The number of likely N-dealkylation sites (tertiary alicyclic amines) is 1. The molecule has 3 heterocycles. The van der Waals surface area contributed by atoms with Gasteiger partial charge in [-0.15, -0.1) is 0 Å². The van der Waals surface area contributed by atoms with Crippen LogP contribution in [0.25, 0.3) is 5.52 Å². The molecule has 1 fully saturated rings. The molecule has 9 heteroatoms. The number of aromatic nitrogens is 2. The van der Waals surface area contributed by atoms with Crippen LogP contribution in [-0.2, 0) is 11.3 Å². The number of carbonyl (C=O) groups is 2. The zero-order valence-electron chi connectivity index (χ0n) is 17.3. The van der Waals surface area contributed by atoms with Crippen LogP contribution in [0.1, 0.15) is 29.8 Å². The smallest absolute Gasteiger partial charge is 0.410 e. The van der Waals surface area contributed by atoms with E-state index in [1.165, 1.54) is 6.20 Å². The molecule has 8 nitrogen and oxygen atoms in total. The molecule has 3 N–H and O–H groups in total. The average Bonchev–Trinajstić information content (AvgIpc) is 3.25. The molecule has 0 spiro atoms. The van der Waals surface area contributed by atoms with E-state index in [0.29, 0.717) is 24.3 Å². The van der Waals surface area contributed by atoms with Crippen LogP contribution in [0.2, 0.25) is 0 Å². The molecule has 0 radical (unpaired) electrons. The molecule has 31 heavy (non-hydrogen) atoms. The highest BCUT2D eigenvalue weighted by atomic mass is 79.9. The first kappa shape index (κ1) is 21.2. The van der Waals surface area contributed by atoms with Crippen molar-refractivity contribution in [2.45, 2.75) is 26.5 Å². The molecule has 2 aromatic heterocycles. The SMILES string of the molecule is CC1(C)CN(C(=O)OCc2ccccc2)CC1Nc1c(C(N)=O)cnn2cc(Br)cc12. The summed E-state index contributed by atoms with van der Waals surface area (Å²) in [4.78, 5) is 26.4. The van der Waals surface area contributed by atoms with E-state index in [9.17, 15) is 9.59 Å². The minimum atomic E-state index is -0.565. The van der Waals surface area contributed by atoms with Gasteiger partial charge in [-0.05, 0) is 27.6 Å². The molecule has 1 aromatic carbocycles. The first-order chi connectivity index (χ1) is 14.7. The number of anilines is 1. The number of nitrogens with zero attached hydrogens (tertiary/aromatic N) is 3. The number of rotatable bonds is 5. The third-order valence-corrected chi connectivity index (χ3v) is 6.03. The fraction of sp³-hybridized carbons (Fsp3) is 0.318. The number of amides is 2. The number of ether oxygens (including phenoxy) is 1. The summed E-state index contributed by atoms with van der Waals surface area (Å²) in [5.74, 6) is -0.565. The number of hydrogen-bond acceptors (Lipinski definition) is 5. The standard InChI is InChI=1S/C22H24BrN5O3/c1-22(2)13-27(21(30)31-12-14-6-4-3-5-7-14)11-18(22)26-19-16(20(24)29)9-25-28-10-15(23)8-17(19)28/h3-10,18,26H,11-13H2,1-2H3,(H2,24,29). The van der Waals surface area contributed by atoms with Crippen molar-refractivity contribution in [1.82, 2.24) is 14.5 Å². The van der Waals surface area contributed by atoms with E-state index in [0.717, 1.165) is 15.6 Å². The summed E-state index contributed by atoms with van der Waals surface area (Å²) < 4.78 is 8.01. The number of hydrogen-bond donors (Lipinski definition) is 2. The Morgan fingerprint density at radius 2 is 2.06 bits per heavy atom. The van der Waals surface area contributed by atoms with Gasteiger partial charge in [-0.3, -0.25) is 4.79 Å². The molecule has 0 aliphatic carbocycles.